The summed E-state index contributed by atoms with van der Waals surface area (Å²) < 4.78 is 7.58. The molecule has 1 fully saturated rings. The third-order valence-electron chi connectivity index (χ3n) is 4.85. The zero-order valence-electron chi connectivity index (χ0n) is 15.7. The largest absolute Gasteiger partial charge is 0.467 e. The molecule has 4 rings (SSSR count). The smallest absolute Gasteiger partial charge is 0.293 e. The van der Waals surface area contributed by atoms with E-state index in [1.807, 2.05) is 68.5 Å². The summed E-state index contributed by atoms with van der Waals surface area (Å²) in [6, 6.07) is 15.4. The van der Waals surface area contributed by atoms with Crippen LogP contribution in [0.25, 0.3) is 6.08 Å². The molecule has 0 bridgehead atoms. The number of furan rings is 1. The normalized spacial score (nSPS) is 15.8. The summed E-state index contributed by atoms with van der Waals surface area (Å²) in [5.41, 5.74) is 3.98. The number of hydrogen-bond donors (Lipinski definition) is 0. The van der Waals surface area contributed by atoms with Gasteiger partial charge in [-0.3, -0.25) is 14.5 Å². The summed E-state index contributed by atoms with van der Waals surface area (Å²) >= 11 is 0.996. The highest BCUT2D eigenvalue weighted by atomic mass is 32.2. The van der Waals surface area contributed by atoms with Gasteiger partial charge in [-0.2, -0.15) is 0 Å². The first-order valence-electron chi connectivity index (χ1n) is 9.01. The standard InChI is InChI=1S/C22H20N2O3S/c1-15-11-18(16(2)23(15)14-19-9-6-10-27-19)12-20-21(25)24(22(26)28-20)13-17-7-4-3-5-8-17/h3-12H,13-14H2,1-2H3/b20-12-. The summed E-state index contributed by atoms with van der Waals surface area (Å²) in [6.07, 6.45) is 3.48. The van der Waals surface area contributed by atoms with Gasteiger partial charge in [-0.25, -0.2) is 0 Å². The minimum absolute atomic E-state index is 0.232. The van der Waals surface area contributed by atoms with Gasteiger partial charge in [-0.1, -0.05) is 30.3 Å². The SMILES string of the molecule is Cc1cc(/C=C2\SC(=O)N(Cc3ccccc3)C2=O)c(C)n1Cc1ccco1. The number of nitrogens with zero attached hydrogens (tertiary/aromatic N) is 2. The Balaban J connectivity index is 1.57. The maximum Gasteiger partial charge on any atom is 0.293 e. The first-order valence-corrected chi connectivity index (χ1v) is 9.83. The second-order valence-electron chi connectivity index (χ2n) is 6.75. The average Bonchev–Trinajstić information content (AvgIpc) is 3.36. The van der Waals surface area contributed by atoms with E-state index in [2.05, 4.69) is 4.57 Å². The molecule has 1 saturated heterocycles. The second kappa shape index (κ2) is 7.56. The first kappa shape index (κ1) is 18.4. The fourth-order valence-corrected chi connectivity index (χ4v) is 4.15. The topological polar surface area (TPSA) is 55.5 Å². The first-order chi connectivity index (χ1) is 13.5. The van der Waals surface area contributed by atoms with E-state index in [1.54, 1.807) is 6.26 Å². The molecule has 3 heterocycles. The van der Waals surface area contributed by atoms with E-state index in [0.717, 1.165) is 40.0 Å². The third kappa shape index (κ3) is 3.55. The molecule has 2 amide bonds. The van der Waals surface area contributed by atoms with Crippen LogP contribution < -0.4 is 0 Å². The van der Waals surface area contributed by atoms with Crippen molar-refractivity contribution < 1.29 is 14.0 Å². The average molecular weight is 392 g/mol. The van der Waals surface area contributed by atoms with Crippen LogP contribution in [0.1, 0.15) is 28.3 Å². The Labute approximate surface area is 167 Å². The van der Waals surface area contributed by atoms with Gasteiger partial charge in [0.15, 0.2) is 0 Å². The number of carbonyl (C=O) groups is 2. The van der Waals surface area contributed by atoms with Crippen molar-refractivity contribution in [2.75, 3.05) is 0 Å². The van der Waals surface area contributed by atoms with Crippen molar-refractivity contribution in [1.29, 1.82) is 0 Å². The molecule has 5 nitrogen and oxygen atoms in total. The van der Waals surface area contributed by atoms with Crippen LogP contribution >= 0.6 is 11.8 Å². The van der Waals surface area contributed by atoms with Crippen LogP contribution in [0.15, 0.2) is 64.1 Å². The molecule has 0 spiro atoms. The third-order valence-corrected chi connectivity index (χ3v) is 5.76. The van der Waals surface area contributed by atoms with E-state index in [1.165, 1.54) is 4.90 Å². The Morgan fingerprint density at radius 3 is 2.54 bits per heavy atom. The lowest BCUT2D eigenvalue weighted by molar-refractivity contribution is -0.123. The lowest BCUT2D eigenvalue weighted by Gasteiger charge is -2.12. The van der Waals surface area contributed by atoms with E-state index in [4.69, 9.17) is 4.42 Å². The van der Waals surface area contributed by atoms with Crippen molar-refractivity contribution in [2.45, 2.75) is 26.9 Å². The predicted octanol–water partition coefficient (Wildman–Crippen LogP) is 4.98. The molecule has 2 aromatic heterocycles. The molecule has 0 N–H and O–H groups in total. The van der Waals surface area contributed by atoms with E-state index in [0.29, 0.717) is 18.0 Å². The lowest BCUT2D eigenvalue weighted by atomic mass is 10.2. The molecule has 1 aliphatic heterocycles. The molecule has 28 heavy (non-hydrogen) atoms. The predicted molar refractivity (Wildman–Crippen MR) is 110 cm³/mol. The number of imide groups is 1. The zero-order chi connectivity index (χ0) is 19.7. The van der Waals surface area contributed by atoms with Crippen molar-refractivity contribution in [3.63, 3.8) is 0 Å². The number of thioether (sulfide) groups is 1. The highest BCUT2D eigenvalue weighted by Crippen LogP contribution is 2.34. The molecule has 6 heteroatoms. The quantitative estimate of drug-likeness (QED) is 0.575. The van der Waals surface area contributed by atoms with Gasteiger partial charge in [0.05, 0.1) is 24.3 Å². The van der Waals surface area contributed by atoms with Crippen molar-refractivity contribution in [2.24, 2.45) is 0 Å². The molecule has 1 aromatic carbocycles. The number of benzene rings is 1. The number of amides is 2. The van der Waals surface area contributed by atoms with Crippen LogP contribution in [0.2, 0.25) is 0 Å². The van der Waals surface area contributed by atoms with Crippen LogP contribution in [0.3, 0.4) is 0 Å². The van der Waals surface area contributed by atoms with Gasteiger partial charge >= 0.3 is 0 Å². The van der Waals surface area contributed by atoms with Crippen LogP contribution in [0.5, 0.6) is 0 Å². The van der Waals surface area contributed by atoms with E-state index in [-0.39, 0.29) is 11.1 Å². The Bertz CT molecular complexity index is 1050. The van der Waals surface area contributed by atoms with E-state index >= 15 is 0 Å². The van der Waals surface area contributed by atoms with Gasteiger partial charge < -0.3 is 8.98 Å². The lowest BCUT2D eigenvalue weighted by Crippen LogP contribution is -2.27. The van der Waals surface area contributed by atoms with Gasteiger partial charge in [0.2, 0.25) is 0 Å². The molecule has 0 atom stereocenters. The Kier molecular flexibility index (Phi) is 4.96. The summed E-state index contributed by atoms with van der Waals surface area (Å²) in [4.78, 5) is 26.9. The van der Waals surface area contributed by atoms with E-state index < -0.39 is 0 Å². The molecule has 1 aliphatic rings. The van der Waals surface area contributed by atoms with E-state index in [9.17, 15) is 9.59 Å². The monoisotopic (exact) mass is 392 g/mol. The Morgan fingerprint density at radius 2 is 1.82 bits per heavy atom. The molecule has 0 radical (unpaired) electrons. The number of aryl methyl sites for hydroxylation is 1. The van der Waals surface area contributed by atoms with Crippen molar-refractivity contribution in [1.82, 2.24) is 9.47 Å². The van der Waals surface area contributed by atoms with Crippen LogP contribution in [-0.2, 0) is 17.9 Å². The molecular formula is C22H20N2O3S. The molecule has 0 unspecified atom stereocenters. The van der Waals surface area contributed by atoms with Crippen molar-refractivity contribution in [3.8, 4) is 0 Å². The number of rotatable bonds is 5. The van der Waals surface area contributed by atoms with Crippen molar-refractivity contribution in [3.05, 3.63) is 88.0 Å². The van der Waals surface area contributed by atoms with Crippen LogP contribution in [0.4, 0.5) is 4.79 Å². The number of hydrogen-bond acceptors (Lipinski definition) is 4. The highest BCUT2D eigenvalue weighted by molar-refractivity contribution is 8.18. The highest BCUT2D eigenvalue weighted by Gasteiger charge is 2.35. The molecule has 0 saturated carbocycles. The molecular weight excluding hydrogens is 372 g/mol. The van der Waals surface area contributed by atoms with Gasteiger partial charge in [0.1, 0.15) is 5.76 Å². The molecule has 3 aromatic rings. The molecule has 142 valence electrons. The van der Waals surface area contributed by atoms with Gasteiger partial charge in [0, 0.05) is 11.4 Å². The summed E-state index contributed by atoms with van der Waals surface area (Å²) in [5.74, 6) is 0.631. The zero-order valence-corrected chi connectivity index (χ0v) is 16.5. The van der Waals surface area contributed by atoms with Gasteiger partial charge in [0.25, 0.3) is 11.1 Å². The van der Waals surface area contributed by atoms with Gasteiger partial charge in [-0.05, 0) is 61.0 Å². The maximum atomic E-state index is 12.8. The number of aromatic nitrogens is 1. The number of carbonyl (C=O) groups excluding carboxylic acids is 2. The minimum Gasteiger partial charge on any atom is -0.467 e. The van der Waals surface area contributed by atoms with Crippen molar-refractivity contribution >= 4 is 29.0 Å². The Hall–Kier alpha value is -2.99. The summed E-state index contributed by atoms with van der Waals surface area (Å²) in [7, 11) is 0. The second-order valence-corrected chi connectivity index (χ2v) is 7.74. The van der Waals surface area contributed by atoms with Gasteiger partial charge in [-0.15, -0.1) is 0 Å². The summed E-state index contributed by atoms with van der Waals surface area (Å²) in [5, 5.41) is -0.232. The summed E-state index contributed by atoms with van der Waals surface area (Å²) in [6.45, 7) is 4.96. The fraction of sp³-hybridized carbons (Fsp3) is 0.182. The minimum atomic E-state index is -0.241. The molecule has 0 aliphatic carbocycles. The van der Waals surface area contributed by atoms with Crippen LogP contribution in [-0.4, -0.2) is 20.6 Å². The van der Waals surface area contributed by atoms with Crippen LogP contribution in [0, 0.1) is 13.8 Å². The maximum absolute atomic E-state index is 12.8. The Morgan fingerprint density at radius 1 is 1.04 bits per heavy atom. The fourth-order valence-electron chi connectivity index (χ4n) is 3.32.